The van der Waals surface area contributed by atoms with Gasteiger partial charge in [0.15, 0.2) is 0 Å². The Bertz CT molecular complexity index is 340. The molecule has 0 aliphatic carbocycles. The molecule has 1 unspecified atom stereocenters. The molecule has 0 aliphatic heterocycles. The van der Waals surface area contributed by atoms with E-state index in [1.165, 1.54) is 5.56 Å². The maximum absolute atomic E-state index is 9.10. The molecule has 0 fully saturated rings. The number of benzene rings is 1. The Morgan fingerprint density at radius 3 is 2.06 bits per heavy atom. The van der Waals surface area contributed by atoms with Crippen LogP contribution >= 0.6 is 0 Å². The molecule has 0 saturated carbocycles. The molecule has 0 bridgehead atoms. The summed E-state index contributed by atoms with van der Waals surface area (Å²) in [5.41, 5.74) is 1.29. The zero-order chi connectivity index (χ0) is 14.0. The van der Waals surface area contributed by atoms with Crippen molar-refractivity contribution in [1.82, 2.24) is 0 Å². The van der Waals surface area contributed by atoms with Gasteiger partial charge < -0.3 is 24.2 Å². The highest BCUT2D eigenvalue weighted by Crippen LogP contribution is 2.08. The van der Waals surface area contributed by atoms with E-state index in [1.54, 1.807) is 17.0 Å². The topological polar surface area (TPSA) is 97.1 Å². The summed E-state index contributed by atoms with van der Waals surface area (Å²) in [6.07, 6.45) is 0. The average Bonchev–Trinajstić information content (AvgIpc) is 2.38. The third kappa shape index (κ3) is 8.15. The predicted octanol–water partition coefficient (Wildman–Crippen LogP) is -1.11. The molecule has 0 heterocycles. The predicted molar refractivity (Wildman–Crippen MR) is 63.9 cm³/mol. The van der Waals surface area contributed by atoms with Gasteiger partial charge in [0, 0.05) is 5.56 Å². The number of aromatic hydroxyl groups is 1. The molecule has 1 aromatic carbocycles. The number of hydrogen-bond acceptors (Lipinski definition) is 5. The van der Waals surface area contributed by atoms with Gasteiger partial charge in [0.05, 0.1) is 24.5 Å². The fourth-order valence-corrected chi connectivity index (χ4v) is 1.40. The van der Waals surface area contributed by atoms with Gasteiger partial charge in [-0.1, -0.05) is 0 Å². The second kappa shape index (κ2) is 9.98. The molecular formula is C11H18NO5S-. The Kier molecular flexibility index (Phi) is 9.43. The Labute approximate surface area is 109 Å². The van der Waals surface area contributed by atoms with Gasteiger partial charge in [-0.05, 0) is 38.1 Å². The van der Waals surface area contributed by atoms with Gasteiger partial charge in [-0.25, -0.2) is 4.21 Å². The number of phenolic OH excluding ortho intramolecular Hbond substituents is 1. The standard InChI is InChI=1S/C11H17NO.H2O4S/c1-3-12(4-2)9-10-5-7-11(13)8-6-10;1-4-5(2)3/h5-8,13H,3-4,9H2,1-2H3;1H,(H,2,3)/p-1. The lowest BCUT2D eigenvalue weighted by atomic mass is 10.2. The van der Waals surface area contributed by atoms with Crippen LogP contribution in [0.15, 0.2) is 24.3 Å². The van der Waals surface area contributed by atoms with E-state index in [-0.39, 0.29) is 0 Å². The highest BCUT2D eigenvalue weighted by molar-refractivity contribution is 7.73. The van der Waals surface area contributed by atoms with E-state index in [0.29, 0.717) is 5.75 Å². The second-order valence-corrected chi connectivity index (χ2v) is 4.12. The molecule has 0 amide bonds. The first-order valence-electron chi connectivity index (χ1n) is 5.54. The summed E-state index contributed by atoms with van der Waals surface area (Å²) in [7, 11) is 0. The minimum Gasteiger partial charge on any atom is -0.750 e. The van der Waals surface area contributed by atoms with Crippen LogP contribution in [-0.2, 0) is 22.2 Å². The highest BCUT2D eigenvalue weighted by Gasteiger charge is 2.03. The maximum Gasteiger partial charge on any atom is 0.115 e. The van der Waals surface area contributed by atoms with Crippen molar-refractivity contribution in [2.24, 2.45) is 0 Å². The van der Waals surface area contributed by atoms with Crippen LogP contribution in [0.1, 0.15) is 19.4 Å². The molecule has 1 rings (SSSR count). The summed E-state index contributed by atoms with van der Waals surface area (Å²) in [6, 6.07) is 7.47. The van der Waals surface area contributed by atoms with Gasteiger partial charge in [-0.2, -0.15) is 0 Å². The number of nitrogens with one attached hydrogen (secondary N) is 1. The molecule has 0 aliphatic rings. The van der Waals surface area contributed by atoms with Crippen LogP contribution in [0.25, 0.3) is 0 Å². The van der Waals surface area contributed by atoms with Crippen molar-refractivity contribution >= 4 is 11.4 Å². The van der Waals surface area contributed by atoms with Crippen LogP contribution in [0.2, 0.25) is 0 Å². The monoisotopic (exact) mass is 276 g/mol. The molecule has 6 nitrogen and oxygen atoms in total. The van der Waals surface area contributed by atoms with Crippen molar-refractivity contribution in [3.63, 3.8) is 0 Å². The van der Waals surface area contributed by atoms with Gasteiger partial charge in [-0.3, -0.25) is 0 Å². The molecule has 18 heavy (non-hydrogen) atoms. The molecule has 1 aromatic rings. The lowest BCUT2D eigenvalue weighted by Crippen LogP contribution is -3.10. The fraction of sp³-hybridized carbons (Fsp3) is 0.455. The maximum atomic E-state index is 9.10. The first kappa shape index (κ1) is 17.0. The first-order chi connectivity index (χ1) is 8.53. The third-order valence-electron chi connectivity index (χ3n) is 2.45. The molecule has 1 atom stereocenters. The number of hydrogen-bond donors (Lipinski definition) is 2. The van der Waals surface area contributed by atoms with Gasteiger partial charge in [0.2, 0.25) is 0 Å². The van der Waals surface area contributed by atoms with Gasteiger partial charge >= 0.3 is 0 Å². The Hall–Kier alpha value is -0.990. The minimum absolute atomic E-state index is 0.346. The van der Waals surface area contributed by atoms with Crippen molar-refractivity contribution in [2.75, 3.05) is 13.1 Å². The lowest BCUT2D eigenvalue weighted by Gasteiger charge is -2.14. The normalized spacial score (nSPS) is 11.8. The van der Waals surface area contributed by atoms with E-state index in [1.807, 2.05) is 12.1 Å². The summed E-state index contributed by atoms with van der Waals surface area (Å²) in [4.78, 5) is 1.56. The molecule has 104 valence electrons. The highest BCUT2D eigenvalue weighted by atomic mass is 32.2. The quantitative estimate of drug-likeness (QED) is 0.404. The van der Waals surface area contributed by atoms with Crippen molar-refractivity contribution in [3.8, 4) is 5.75 Å². The van der Waals surface area contributed by atoms with Crippen LogP contribution in [0.4, 0.5) is 0 Å². The zero-order valence-corrected chi connectivity index (χ0v) is 11.2. The van der Waals surface area contributed by atoms with Crippen LogP contribution in [-0.4, -0.2) is 27.0 Å². The van der Waals surface area contributed by atoms with Crippen molar-refractivity contribution in [2.45, 2.75) is 20.4 Å². The average molecular weight is 276 g/mol. The van der Waals surface area contributed by atoms with E-state index in [0.717, 1.165) is 19.6 Å². The number of rotatable bonds is 5. The zero-order valence-electron chi connectivity index (χ0n) is 10.4. The van der Waals surface area contributed by atoms with Crippen molar-refractivity contribution in [3.05, 3.63) is 29.8 Å². The van der Waals surface area contributed by atoms with E-state index in [4.69, 9.17) is 19.1 Å². The molecule has 0 spiro atoms. The van der Waals surface area contributed by atoms with E-state index >= 15 is 0 Å². The van der Waals surface area contributed by atoms with Crippen LogP contribution in [0.5, 0.6) is 5.75 Å². The van der Waals surface area contributed by atoms with Gasteiger partial charge in [-0.15, -0.1) is 0 Å². The minimum atomic E-state index is -2.88. The van der Waals surface area contributed by atoms with E-state index < -0.39 is 11.4 Å². The fourth-order valence-electron chi connectivity index (χ4n) is 1.40. The summed E-state index contributed by atoms with van der Waals surface area (Å²) in [6.45, 7) is 7.74. The summed E-state index contributed by atoms with van der Waals surface area (Å²) in [5.74, 6) is 0.346. The third-order valence-corrected chi connectivity index (χ3v) is 2.56. The molecule has 0 saturated heterocycles. The molecule has 0 radical (unpaired) electrons. The Balaban J connectivity index is 0.000000494. The van der Waals surface area contributed by atoms with E-state index in [2.05, 4.69) is 18.2 Å². The first-order valence-corrected chi connectivity index (χ1v) is 6.54. The van der Waals surface area contributed by atoms with Crippen LogP contribution in [0, 0.1) is 0 Å². The number of phenols is 1. The lowest BCUT2D eigenvalue weighted by molar-refractivity contribution is -0.910. The summed E-state index contributed by atoms with van der Waals surface area (Å²) in [5, 5.41) is 17.6. The van der Waals surface area contributed by atoms with Gasteiger partial charge in [0.1, 0.15) is 12.3 Å². The van der Waals surface area contributed by atoms with E-state index in [9.17, 15) is 0 Å². The summed E-state index contributed by atoms with van der Waals surface area (Å²) >= 11 is -2.88. The number of quaternary nitrogens is 1. The van der Waals surface area contributed by atoms with Gasteiger partial charge in [0.25, 0.3) is 0 Å². The second-order valence-electron chi connectivity index (χ2n) is 3.57. The van der Waals surface area contributed by atoms with Crippen LogP contribution in [0.3, 0.4) is 0 Å². The molecular weight excluding hydrogens is 258 g/mol. The molecule has 2 N–H and O–H groups in total. The SMILES string of the molecule is CC[NH+](CC)Cc1ccc(O)cc1.O=S([O-])O[O-]. The Morgan fingerprint density at radius 1 is 1.28 bits per heavy atom. The molecule has 0 aromatic heterocycles. The summed E-state index contributed by atoms with van der Waals surface area (Å²) < 4.78 is 20.1. The van der Waals surface area contributed by atoms with Crippen molar-refractivity contribution < 1.29 is 28.4 Å². The van der Waals surface area contributed by atoms with Crippen molar-refractivity contribution in [1.29, 1.82) is 0 Å². The smallest absolute Gasteiger partial charge is 0.115 e. The molecule has 7 heteroatoms. The largest absolute Gasteiger partial charge is 0.750 e. The Morgan fingerprint density at radius 2 is 1.72 bits per heavy atom. The van der Waals surface area contributed by atoms with Crippen LogP contribution < -0.4 is 10.2 Å².